The number of rotatable bonds is 5. The Balaban J connectivity index is 2.02. The van der Waals surface area contributed by atoms with E-state index in [0.29, 0.717) is 5.02 Å². The van der Waals surface area contributed by atoms with Gasteiger partial charge < -0.3 is 0 Å². The molecule has 2 aromatic carbocycles. The van der Waals surface area contributed by atoms with Gasteiger partial charge in [0.2, 0.25) is 10.0 Å². The van der Waals surface area contributed by atoms with Gasteiger partial charge in [0.05, 0.1) is 0 Å². The van der Waals surface area contributed by atoms with E-state index in [0.717, 1.165) is 16.5 Å². The highest BCUT2D eigenvalue weighted by Crippen LogP contribution is 2.14. The number of halogens is 1. The third-order valence-corrected chi connectivity index (χ3v) is 4.07. The van der Waals surface area contributed by atoms with Crippen molar-refractivity contribution in [3.63, 3.8) is 0 Å². The highest BCUT2D eigenvalue weighted by atomic mass is 35.5. The lowest BCUT2D eigenvalue weighted by atomic mass is 10.2. The molecule has 0 fully saturated rings. The van der Waals surface area contributed by atoms with E-state index in [1.165, 1.54) is 0 Å². The van der Waals surface area contributed by atoms with Crippen molar-refractivity contribution in [2.24, 2.45) is 0 Å². The molecule has 0 radical (unpaired) electrons. The van der Waals surface area contributed by atoms with Crippen LogP contribution in [0.5, 0.6) is 0 Å². The van der Waals surface area contributed by atoms with E-state index in [-0.39, 0.29) is 6.54 Å². The van der Waals surface area contributed by atoms with Crippen molar-refractivity contribution in [1.29, 1.82) is 0 Å². The molecule has 0 bridgehead atoms. The Kier molecular flexibility index (Phi) is 4.95. The van der Waals surface area contributed by atoms with Gasteiger partial charge in [0.1, 0.15) is 0 Å². The van der Waals surface area contributed by atoms with Crippen molar-refractivity contribution >= 4 is 27.7 Å². The normalized spacial score (nSPS) is 11.8. The third-order valence-electron chi connectivity index (χ3n) is 2.66. The van der Waals surface area contributed by atoms with Crippen LogP contribution in [0, 0.1) is 0 Å². The van der Waals surface area contributed by atoms with Crippen LogP contribution in [0.25, 0.3) is 6.08 Å². The Morgan fingerprint density at radius 1 is 1.00 bits per heavy atom. The van der Waals surface area contributed by atoms with Crippen LogP contribution in [-0.4, -0.2) is 8.42 Å². The molecule has 5 heteroatoms. The number of benzene rings is 2. The van der Waals surface area contributed by atoms with E-state index in [1.807, 2.05) is 36.4 Å². The van der Waals surface area contributed by atoms with E-state index >= 15 is 0 Å². The Labute approximate surface area is 124 Å². The summed E-state index contributed by atoms with van der Waals surface area (Å²) in [5.41, 5.74) is 1.57. The maximum atomic E-state index is 11.8. The lowest BCUT2D eigenvalue weighted by Gasteiger charge is -2.04. The second-order valence-electron chi connectivity index (χ2n) is 4.17. The average Bonchev–Trinajstić information content (AvgIpc) is 2.46. The van der Waals surface area contributed by atoms with Crippen LogP contribution in [0.4, 0.5) is 0 Å². The zero-order valence-corrected chi connectivity index (χ0v) is 12.2. The summed E-state index contributed by atoms with van der Waals surface area (Å²) in [4.78, 5) is 0. The maximum Gasteiger partial charge on any atom is 0.234 e. The van der Waals surface area contributed by atoms with Gasteiger partial charge in [-0.2, -0.15) is 0 Å². The third kappa shape index (κ3) is 4.49. The largest absolute Gasteiger partial charge is 0.234 e. The number of hydrogen-bond acceptors (Lipinski definition) is 2. The summed E-state index contributed by atoms with van der Waals surface area (Å²) in [6, 6.07) is 16.4. The number of sulfonamides is 1. The van der Waals surface area contributed by atoms with Crippen molar-refractivity contribution in [3.05, 3.63) is 76.2 Å². The molecule has 0 aromatic heterocycles. The fraction of sp³-hybridized carbons (Fsp3) is 0.0667. The molecule has 20 heavy (non-hydrogen) atoms. The predicted octanol–water partition coefficient (Wildman–Crippen LogP) is 3.43. The van der Waals surface area contributed by atoms with Crippen molar-refractivity contribution in [3.8, 4) is 0 Å². The Morgan fingerprint density at radius 2 is 1.65 bits per heavy atom. The Bertz CT molecular complexity index is 697. The summed E-state index contributed by atoms with van der Waals surface area (Å²) in [5.74, 6) is 0. The molecule has 0 unspecified atom stereocenters. The van der Waals surface area contributed by atoms with Gasteiger partial charge in [-0.3, -0.25) is 0 Å². The van der Waals surface area contributed by atoms with Crippen molar-refractivity contribution in [2.75, 3.05) is 0 Å². The summed E-state index contributed by atoms with van der Waals surface area (Å²) in [6.07, 6.45) is 1.55. The number of nitrogens with one attached hydrogen (secondary N) is 1. The van der Waals surface area contributed by atoms with Crippen LogP contribution in [0.1, 0.15) is 11.1 Å². The second-order valence-corrected chi connectivity index (χ2v) is 6.23. The first kappa shape index (κ1) is 14.8. The first-order valence-corrected chi connectivity index (χ1v) is 7.95. The smallest absolute Gasteiger partial charge is 0.208 e. The average molecular weight is 308 g/mol. The first-order valence-electron chi connectivity index (χ1n) is 6.03. The van der Waals surface area contributed by atoms with E-state index in [1.54, 1.807) is 24.3 Å². The van der Waals surface area contributed by atoms with E-state index in [2.05, 4.69) is 4.72 Å². The quantitative estimate of drug-likeness (QED) is 0.920. The molecule has 0 saturated heterocycles. The van der Waals surface area contributed by atoms with E-state index in [9.17, 15) is 8.42 Å². The molecule has 0 aliphatic heterocycles. The molecule has 2 rings (SSSR count). The van der Waals surface area contributed by atoms with Crippen LogP contribution in [0.15, 0.2) is 60.0 Å². The maximum absolute atomic E-state index is 11.8. The molecule has 0 amide bonds. The van der Waals surface area contributed by atoms with Crippen molar-refractivity contribution in [1.82, 2.24) is 4.72 Å². The zero-order chi connectivity index (χ0) is 14.4. The first-order chi connectivity index (χ1) is 9.57. The van der Waals surface area contributed by atoms with Crippen molar-refractivity contribution < 1.29 is 8.42 Å². The fourth-order valence-corrected chi connectivity index (χ4v) is 2.59. The van der Waals surface area contributed by atoms with E-state index < -0.39 is 10.0 Å². The molecule has 1 N–H and O–H groups in total. The zero-order valence-electron chi connectivity index (χ0n) is 10.7. The van der Waals surface area contributed by atoms with Gasteiger partial charge in [-0.05, 0) is 23.3 Å². The van der Waals surface area contributed by atoms with Crippen LogP contribution in [0.2, 0.25) is 5.02 Å². The molecular weight excluding hydrogens is 294 g/mol. The molecular formula is C15H14ClNO2S. The summed E-state index contributed by atoms with van der Waals surface area (Å²) in [6.45, 7) is 0.168. The Hall–Kier alpha value is -1.62. The minimum Gasteiger partial charge on any atom is -0.208 e. The van der Waals surface area contributed by atoms with Crippen LogP contribution >= 0.6 is 11.6 Å². The van der Waals surface area contributed by atoms with Gasteiger partial charge in [-0.15, -0.1) is 0 Å². The van der Waals surface area contributed by atoms with Crippen LogP contribution in [0.3, 0.4) is 0 Å². The second kappa shape index (κ2) is 6.70. The SMILES string of the molecule is O=S(=O)(/C=C/c1ccccc1)NCc1ccccc1Cl. The van der Waals surface area contributed by atoms with Gasteiger partial charge in [-0.25, -0.2) is 13.1 Å². The minimum absolute atomic E-state index is 0.168. The van der Waals surface area contributed by atoms with Gasteiger partial charge in [-0.1, -0.05) is 60.1 Å². The standard InChI is InChI=1S/C15H14ClNO2S/c16-15-9-5-4-8-14(15)12-17-20(18,19)11-10-13-6-2-1-3-7-13/h1-11,17H,12H2/b11-10+. The lowest BCUT2D eigenvalue weighted by molar-refractivity contribution is 0.591. The monoisotopic (exact) mass is 307 g/mol. The molecule has 0 spiro atoms. The van der Waals surface area contributed by atoms with Crippen LogP contribution < -0.4 is 4.72 Å². The highest BCUT2D eigenvalue weighted by molar-refractivity contribution is 7.92. The molecule has 0 aliphatic carbocycles. The minimum atomic E-state index is -3.48. The predicted molar refractivity (Wildman–Crippen MR) is 82.7 cm³/mol. The van der Waals surface area contributed by atoms with Crippen LogP contribution in [-0.2, 0) is 16.6 Å². The summed E-state index contributed by atoms with van der Waals surface area (Å²) >= 11 is 5.97. The number of hydrogen-bond donors (Lipinski definition) is 1. The van der Waals surface area contributed by atoms with Gasteiger partial charge >= 0.3 is 0 Å². The fourth-order valence-electron chi connectivity index (χ4n) is 1.60. The van der Waals surface area contributed by atoms with Gasteiger partial charge in [0, 0.05) is 17.0 Å². The van der Waals surface area contributed by atoms with Gasteiger partial charge in [0.15, 0.2) is 0 Å². The lowest BCUT2D eigenvalue weighted by Crippen LogP contribution is -2.20. The summed E-state index contributed by atoms with van der Waals surface area (Å²) in [5, 5.41) is 1.70. The summed E-state index contributed by atoms with van der Waals surface area (Å²) < 4.78 is 26.2. The molecule has 0 heterocycles. The molecule has 2 aromatic rings. The molecule has 104 valence electrons. The molecule has 0 atom stereocenters. The molecule has 3 nitrogen and oxygen atoms in total. The van der Waals surface area contributed by atoms with E-state index in [4.69, 9.17) is 11.6 Å². The highest BCUT2D eigenvalue weighted by Gasteiger charge is 2.06. The summed E-state index contributed by atoms with van der Waals surface area (Å²) in [7, 11) is -3.48. The molecule has 0 saturated carbocycles. The Morgan fingerprint density at radius 3 is 2.35 bits per heavy atom. The van der Waals surface area contributed by atoms with Gasteiger partial charge in [0.25, 0.3) is 0 Å². The topological polar surface area (TPSA) is 46.2 Å². The van der Waals surface area contributed by atoms with Crippen molar-refractivity contribution in [2.45, 2.75) is 6.54 Å². The molecule has 0 aliphatic rings.